The van der Waals surface area contributed by atoms with Crippen molar-refractivity contribution >= 4 is 11.6 Å². The highest BCUT2D eigenvalue weighted by Crippen LogP contribution is 2.22. The summed E-state index contributed by atoms with van der Waals surface area (Å²) < 4.78 is 0. The van der Waals surface area contributed by atoms with E-state index in [4.69, 9.17) is 11.6 Å². The van der Waals surface area contributed by atoms with Crippen molar-refractivity contribution in [2.75, 3.05) is 19.0 Å². The summed E-state index contributed by atoms with van der Waals surface area (Å²) in [5.74, 6) is 1.57. The van der Waals surface area contributed by atoms with Crippen LogP contribution in [0.15, 0.2) is 18.2 Å². The number of benzene rings is 1. The Morgan fingerprint density at radius 3 is 2.29 bits per heavy atom. The van der Waals surface area contributed by atoms with Crippen LogP contribution < -0.4 is 0 Å². The molecule has 2 heteroatoms. The third-order valence-electron chi connectivity index (χ3n) is 3.95. The van der Waals surface area contributed by atoms with Gasteiger partial charge in [0, 0.05) is 12.4 Å². The van der Waals surface area contributed by atoms with Gasteiger partial charge >= 0.3 is 0 Å². The van der Waals surface area contributed by atoms with Crippen molar-refractivity contribution in [3.05, 3.63) is 34.9 Å². The van der Waals surface area contributed by atoms with Crippen LogP contribution in [0.1, 0.15) is 29.5 Å². The summed E-state index contributed by atoms with van der Waals surface area (Å²) in [4.78, 5) is 2.57. The molecule has 0 saturated carbocycles. The molecule has 1 nitrogen and oxygen atoms in total. The molecule has 1 saturated heterocycles. The molecule has 17 heavy (non-hydrogen) atoms. The Morgan fingerprint density at radius 1 is 1.18 bits per heavy atom. The molecule has 0 radical (unpaired) electrons. The Labute approximate surface area is 110 Å². The molecule has 2 rings (SSSR count). The van der Waals surface area contributed by atoms with E-state index >= 15 is 0 Å². The Balaban J connectivity index is 1.98. The second-order valence-corrected chi connectivity index (χ2v) is 5.55. The van der Waals surface area contributed by atoms with Gasteiger partial charge in [-0.15, -0.1) is 11.6 Å². The lowest BCUT2D eigenvalue weighted by atomic mass is 9.97. The van der Waals surface area contributed by atoms with Gasteiger partial charge in [0.2, 0.25) is 0 Å². The van der Waals surface area contributed by atoms with Gasteiger partial charge in [-0.3, -0.25) is 4.90 Å². The number of nitrogens with zero attached hydrogens (tertiary/aromatic N) is 1. The Kier molecular flexibility index (Phi) is 4.47. The normalized spacial score (nSPS) is 18.5. The third-order valence-corrected chi connectivity index (χ3v) is 4.39. The summed E-state index contributed by atoms with van der Waals surface area (Å²) in [6.45, 7) is 7.94. The highest BCUT2D eigenvalue weighted by molar-refractivity contribution is 6.18. The van der Waals surface area contributed by atoms with Crippen LogP contribution in [0, 0.1) is 19.8 Å². The number of aryl methyl sites for hydroxylation is 2. The smallest absolute Gasteiger partial charge is 0.0252 e. The van der Waals surface area contributed by atoms with Gasteiger partial charge < -0.3 is 0 Å². The molecule has 0 bridgehead atoms. The molecular weight excluding hydrogens is 230 g/mol. The summed E-state index contributed by atoms with van der Waals surface area (Å²) in [7, 11) is 0. The maximum atomic E-state index is 5.92. The van der Waals surface area contributed by atoms with E-state index in [0.29, 0.717) is 0 Å². The first-order valence-electron chi connectivity index (χ1n) is 6.54. The van der Waals surface area contributed by atoms with Crippen molar-refractivity contribution in [2.45, 2.75) is 33.2 Å². The summed E-state index contributed by atoms with van der Waals surface area (Å²) in [6, 6.07) is 6.58. The van der Waals surface area contributed by atoms with Crippen LogP contribution in [0.25, 0.3) is 0 Å². The first-order chi connectivity index (χ1) is 8.20. The number of rotatable bonds is 3. The average Bonchev–Trinajstić information content (AvgIpc) is 2.35. The van der Waals surface area contributed by atoms with Crippen molar-refractivity contribution in [3.63, 3.8) is 0 Å². The lowest BCUT2D eigenvalue weighted by Crippen LogP contribution is -2.34. The molecule has 0 spiro atoms. The van der Waals surface area contributed by atoms with Gasteiger partial charge in [0.1, 0.15) is 0 Å². The van der Waals surface area contributed by atoms with Gasteiger partial charge in [0.15, 0.2) is 0 Å². The average molecular weight is 252 g/mol. The third kappa shape index (κ3) is 3.23. The van der Waals surface area contributed by atoms with Crippen LogP contribution in [0.5, 0.6) is 0 Å². The molecule has 94 valence electrons. The number of piperidine rings is 1. The lowest BCUT2D eigenvalue weighted by Gasteiger charge is -2.31. The van der Waals surface area contributed by atoms with Crippen molar-refractivity contribution in [3.8, 4) is 0 Å². The van der Waals surface area contributed by atoms with E-state index in [-0.39, 0.29) is 0 Å². The van der Waals surface area contributed by atoms with E-state index in [1.54, 1.807) is 0 Å². The van der Waals surface area contributed by atoms with Gasteiger partial charge in [-0.05, 0) is 62.4 Å². The van der Waals surface area contributed by atoms with Gasteiger partial charge in [-0.1, -0.05) is 18.2 Å². The summed E-state index contributed by atoms with van der Waals surface area (Å²) in [5, 5.41) is 0. The van der Waals surface area contributed by atoms with Crippen molar-refractivity contribution in [2.24, 2.45) is 5.92 Å². The van der Waals surface area contributed by atoms with E-state index in [1.165, 1.54) is 42.6 Å². The molecular formula is C15H22ClN. The van der Waals surface area contributed by atoms with E-state index in [2.05, 4.69) is 36.9 Å². The maximum Gasteiger partial charge on any atom is 0.0252 e. The molecule has 1 aromatic carbocycles. The largest absolute Gasteiger partial charge is 0.299 e. The zero-order chi connectivity index (χ0) is 12.3. The molecule has 0 N–H and O–H groups in total. The zero-order valence-electron chi connectivity index (χ0n) is 10.9. The molecule has 1 aliphatic rings. The van der Waals surface area contributed by atoms with Crippen molar-refractivity contribution < 1.29 is 0 Å². The fraction of sp³-hybridized carbons (Fsp3) is 0.600. The number of hydrogen-bond donors (Lipinski definition) is 0. The standard InChI is InChI=1S/C15H22ClN/c1-12-4-3-5-13(2)15(12)11-17-8-6-14(10-16)7-9-17/h3-5,14H,6-11H2,1-2H3. The molecule has 1 aromatic rings. The van der Waals surface area contributed by atoms with Crippen molar-refractivity contribution in [1.29, 1.82) is 0 Å². The highest BCUT2D eigenvalue weighted by atomic mass is 35.5. The molecule has 1 aliphatic heterocycles. The molecule has 1 fully saturated rings. The summed E-state index contributed by atoms with van der Waals surface area (Å²) in [5.41, 5.74) is 4.35. The van der Waals surface area contributed by atoms with E-state index in [1.807, 2.05) is 0 Å². The number of halogens is 1. The first-order valence-corrected chi connectivity index (χ1v) is 7.07. The number of alkyl halides is 1. The van der Waals surface area contributed by atoms with Crippen LogP contribution in [-0.4, -0.2) is 23.9 Å². The Morgan fingerprint density at radius 2 is 1.76 bits per heavy atom. The Hall–Kier alpha value is -0.530. The first kappa shape index (κ1) is 12.9. The zero-order valence-corrected chi connectivity index (χ0v) is 11.6. The number of likely N-dealkylation sites (tertiary alicyclic amines) is 1. The summed E-state index contributed by atoms with van der Waals surface area (Å²) >= 11 is 5.92. The molecule has 0 aromatic heterocycles. The highest BCUT2D eigenvalue weighted by Gasteiger charge is 2.19. The molecule has 0 amide bonds. The van der Waals surface area contributed by atoms with Crippen LogP contribution in [0.4, 0.5) is 0 Å². The SMILES string of the molecule is Cc1cccc(C)c1CN1CCC(CCl)CC1. The quantitative estimate of drug-likeness (QED) is 0.740. The fourth-order valence-electron chi connectivity index (χ4n) is 2.62. The van der Waals surface area contributed by atoms with Gasteiger partial charge in [-0.25, -0.2) is 0 Å². The van der Waals surface area contributed by atoms with Crippen LogP contribution in [-0.2, 0) is 6.54 Å². The van der Waals surface area contributed by atoms with Gasteiger partial charge in [0.25, 0.3) is 0 Å². The van der Waals surface area contributed by atoms with Gasteiger partial charge in [0.05, 0.1) is 0 Å². The van der Waals surface area contributed by atoms with E-state index in [0.717, 1.165) is 18.3 Å². The van der Waals surface area contributed by atoms with Crippen molar-refractivity contribution in [1.82, 2.24) is 4.90 Å². The minimum absolute atomic E-state index is 0.742. The fourth-order valence-corrected chi connectivity index (χ4v) is 2.93. The molecule has 1 heterocycles. The van der Waals surface area contributed by atoms with E-state index in [9.17, 15) is 0 Å². The minimum atomic E-state index is 0.742. The second kappa shape index (κ2) is 5.88. The summed E-state index contributed by atoms with van der Waals surface area (Å²) in [6.07, 6.45) is 2.52. The minimum Gasteiger partial charge on any atom is -0.299 e. The Bertz CT molecular complexity index is 347. The van der Waals surface area contributed by atoms with E-state index < -0.39 is 0 Å². The van der Waals surface area contributed by atoms with Crippen LogP contribution in [0.3, 0.4) is 0 Å². The predicted molar refractivity (Wildman–Crippen MR) is 74.6 cm³/mol. The van der Waals surface area contributed by atoms with Crippen LogP contribution >= 0.6 is 11.6 Å². The maximum absolute atomic E-state index is 5.92. The molecule has 0 unspecified atom stereocenters. The lowest BCUT2D eigenvalue weighted by molar-refractivity contribution is 0.186. The molecule has 0 atom stereocenters. The second-order valence-electron chi connectivity index (χ2n) is 5.24. The predicted octanol–water partition coefficient (Wildman–Crippen LogP) is 3.75. The van der Waals surface area contributed by atoms with Crippen LogP contribution in [0.2, 0.25) is 0 Å². The monoisotopic (exact) mass is 251 g/mol. The molecule has 0 aliphatic carbocycles. The topological polar surface area (TPSA) is 3.24 Å². The van der Waals surface area contributed by atoms with Gasteiger partial charge in [-0.2, -0.15) is 0 Å². The number of hydrogen-bond acceptors (Lipinski definition) is 1.